The highest BCUT2D eigenvalue weighted by atomic mass is 32.2. The van der Waals surface area contributed by atoms with Crippen LogP contribution in [0.2, 0.25) is 0 Å². The smallest absolute Gasteiger partial charge is 0.249 e. The minimum atomic E-state index is -3.31. The third-order valence-corrected chi connectivity index (χ3v) is 5.96. The van der Waals surface area contributed by atoms with Crippen molar-refractivity contribution in [3.05, 3.63) is 35.9 Å². The van der Waals surface area contributed by atoms with Crippen LogP contribution in [0.1, 0.15) is 25.3 Å². The summed E-state index contributed by atoms with van der Waals surface area (Å²) in [6.45, 7) is 2.55. The SMILES string of the molecule is COC(C)C(=O)NC1CCN(S(=O)(=O)Cc2ccccc2)CC1. The zero-order chi connectivity index (χ0) is 16.9. The molecule has 1 N–H and O–H groups in total. The summed E-state index contributed by atoms with van der Waals surface area (Å²) in [6, 6.07) is 9.18. The molecule has 0 radical (unpaired) electrons. The number of piperidine rings is 1. The lowest BCUT2D eigenvalue weighted by Gasteiger charge is -2.32. The third kappa shape index (κ3) is 5.02. The van der Waals surface area contributed by atoms with E-state index in [1.807, 2.05) is 30.3 Å². The Labute approximate surface area is 137 Å². The molecule has 1 unspecified atom stereocenters. The fraction of sp³-hybridized carbons (Fsp3) is 0.562. The van der Waals surface area contributed by atoms with E-state index in [-0.39, 0.29) is 17.7 Å². The molecule has 1 heterocycles. The molecule has 6 nitrogen and oxygen atoms in total. The van der Waals surface area contributed by atoms with Gasteiger partial charge >= 0.3 is 0 Å². The Hall–Kier alpha value is -1.44. The molecule has 1 fully saturated rings. The molecular formula is C16H24N2O4S. The summed E-state index contributed by atoms with van der Waals surface area (Å²) in [5.41, 5.74) is 0.789. The van der Waals surface area contributed by atoms with Gasteiger partial charge in [0.2, 0.25) is 15.9 Å². The Morgan fingerprint density at radius 3 is 2.48 bits per heavy atom. The van der Waals surface area contributed by atoms with Gasteiger partial charge in [0.1, 0.15) is 6.10 Å². The molecule has 1 amide bonds. The molecule has 0 saturated carbocycles. The number of nitrogens with zero attached hydrogens (tertiary/aromatic N) is 1. The van der Waals surface area contributed by atoms with Crippen molar-refractivity contribution in [2.24, 2.45) is 0 Å². The van der Waals surface area contributed by atoms with Crippen molar-refractivity contribution in [3.8, 4) is 0 Å². The van der Waals surface area contributed by atoms with E-state index in [1.54, 1.807) is 6.92 Å². The number of sulfonamides is 1. The molecule has 2 rings (SSSR count). The molecule has 1 aromatic carbocycles. The Morgan fingerprint density at radius 2 is 1.91 bits per heavy atom. The predicted molar refractivity (Wildman–Crippen MR) is 88.3 cm³/mol. The number of benzene rings is 1. The average molecular weight is 340 g/mol. The van der Waals surface area contributed by atoms with Crippen LogP contribution in [0.4, 0.5) is 0 Å². The number of amides is 1. The number of carbonyl (C=O) groups excluding carboxylic acids is 1. The van der Waals surface area contributed by atoms with Gasteiger partial charge in [-0.3, -0.25) is 4.79 Å². The van der Waals surface area contributed by atoms with Crippen LogP contribution in [0.3, 0.4) is 0 Å². The summed E-state index contributed by atoms with van der Waals surface area (Å²) >= 11 is 0. The second kappa shape index (κ2) is 7.90. The van der Waals surface area contributed by atoms with E-state index in [2.05, 4.69) is 5.32 Å². The van der Waals surface area contributed by atoms with Crippen molar-refractivity contribution in [2.75, 3.05) is 20.2 Å². The Morgan fingerprint density at radius 1 is 1.30 bits per heavy atom. The molecule has 1 aliphatic rings. The highest BCUT2D eigenvalue weighted by Gasteiger charge is 2.29. The first-order chi connectivity index (χ1) is 10.9. The van der Waals surface area contributed by atoms with Crippen LogP contribution in [0, 0.1) is 0 Å². The zero-order valence-electron chi connectivity index (χ0n) is 13.6. The monoisotopic (exact) mass is 340 g/mol. The molecule has 0 bridgehead atoms. The van der Waals surface area contributed by atoms with E-state index in [0.29, 0.717) is 25.9 Å². The van der Waals surface area contributed by atoms with Crippen LogP contribution in [0.5, 0.6) is 0 Å². The van der Waals surface area contributed by atoms with Crippen molar-refractivity contribution in [3.63, 3.8) is 0 Å². The van der Waals surface area contributed by atoms with Gasteiger partial charge in [0.15, 0.2) is 0 Å². The largest absolute Gasteiger partial charge is 0.372 e. The number of rotatable bonds is 6. The summed E-state index contributed by atoms with van der Waals surface area (Å²) in [5, 5.41) is 2.91. The quantitative estimate of drug-likeness (QED) is 0.842. The van der Waals surface area contributed by atoms with Crippen LogP contribution in [0.25, 0.3) is 0 Å². The maximum absolute atomic E-state index is 12.5. The second-order valence-electron chi connectivity index (χ2n) is 5.80. The topological polar surface area (TPSA) is 75.7 Å². The van der Waals surface area contributed by atoms with Gasteiger partial charge in [-0.05, 0) is 25.3 Å². The lowest BCUT2D eigenvalue weighted by Crippen LogP contribution is -2.48. The van der Waals surface area contributed by atoms with Gasteiger partial charge in [-0.1, -0.05) is 30.3 Å². The van der Waals surface area contributed by atoms with E-state index < -0.39 is 16.1 Å². The highest BCUT2D eigenvalue weighted by Crippen LogP contribution is 2.17. The van der Waals surface area contributed by atoms with Gasteiger partial charge in [0.25, 0.3) is 0 Å². The lowest BCUT2D eigenvalue weighted by molar-refractivity contribution is -0.131. The van der Waals surface area contributed by atoms with E-state index in [4.69, 9.17) is 4.74 Å². The third-order valence-electron chi connectivity index (χ3n) is 4.11. The maximum Gasteiger partial charge on any atom is 0.249 e. The number of nitrogens with one attached hydrogen (secondary N) is 1. The van der Waals surface area contributed by atoms with Crippen LogP contribution >= 0.6 is 0 Å². The number of hydrogen-bond donors (Lipinski definition) is 1. The van der Waals surface area contributed by atoms with Crippen molar-refractivity contribution in [2.45, 2.75) is 37.7 Å². The molecule has 7 heteroatoms. The Bertz CT molecular complexity index is 610. The molecule has 1 aliphatic heterocycles. The minimum absolute atomic E-state index is 0.00303. The summed E-state index contributed by atoms with van der Waals surface area (Å²) in [5.74, 6) is -0.135. The molecule has 1 aromatic rings. The minimum Gasteiger partial charge on any atom is -0.372 e. The number of hydrogen-bond acceptors (Lipinski definition) is 4. The molecular weight excluding hydrogens is 316 g/mol. The fourth-order valence-corrected chi connectivity index (χ4v) is 4.14. The van der Waals surface area contributed by atoms with Crippen LogP contribution in [-0.2, 0) is 25.3 Å². The van der Waals surface area contributed by atoms with Crippen molar-refractivity contribution >= 4 is 15.9 Å². The van der Waals surface area contributed by atoms with Crippen LogP contribution < -0.4 is 5.32 Å². The van der Waals surface area contributed by atoms with E-state index in [9.17, 15) is 13.2 Å². The standard InChI is InChI=1S/C16H24N2O4S/c1-13(22-2)16(19)17-15-8-10-18(11-9-15)23(20,21)12-14-6-4-3-5-7-14/h3-7,13,15H,8-12H2,1-2H3,(H,17,19). The molecule has 0 aromatic heterocycles. The maximum atomic E-state index is 12.5. The number of methoxy groups -OCH3 is 1. The van der Waals surface area contributed by atoms with Crippen LogP contribution in [0.15, 0.2) is 30.3 Å². The normalized spacial score (nSPS) is 18.5. The van der Waals surface area contributed by atoms with Gasteiger partial charge in [-0.25, -0.2) is 12.7 Å². The Balaban J connectivity index is 1.87. The van der Waals surface area contributed by atoms with E-state index >= 15 is 0 Å². The van der Waals surface area contributed by atoms with Gasteiger partial charge < -0.3 is 10.1 Å². The first-order valence-corrected chi connectivity index (χ1v) is 9.38. The second-order valence-corrected chi connectivity index (χ2v) is 7.77. The van der Waals surface area contributed by atoms with Gasteiger partial charge in [-0.15, -0.1) is 0 Å². The molecule has 0 aliphatic carbocycles. The van der Waals surface area contributed by atoms with E-state index in [0.717, 1.165) is 5.56 Å². The molecule has 1 saturated heterocycles. The van der Waals surface area contributed by atoms with E-state index in [1.165, 1.54) is 11.4 Å². The lowest BCUT2D eigenvalue weighted by atomic mass is 10.1. The highest BCUT2D eigenvalue weighted by molar-refractivity contribution is 7.88. The van der Waals surface area contributed by atoms with Gasteiger partial charge in [0, 0.05) is 26.2 Å². The summed E-state index contributed by atoms with van der Waals surface area (Å²) in [6.07, 6.45) is 0.752. The summed E-state index contributed by atoms with van der Waals surface area (Å²) in [7, 11) is -1.82. The van der Waals surface area contributed by atoms with Crippen molar-refractivity contribution in [1.82, 2.24) is 9.62 Å². The fourth-order valence-electron chi connectivity index (χ4n) is 2.58. The van der Waals surface area contributed by atoms with Gasteiger partial charge in [0.05, 0.1) is 5.75 Å². The zero-order valence-corrected chi connectivity index (χ0v) is 14.4. The van der Waals surface area contributed by atoms with Crippen LogP contribution in [-0.4, -0.2) is 51.0 Å². The first kappa shape index (κ1) is 17.9. The molecule has 128 valence electrons. The molecule has 0 spiro atoms. The Kier molecular flexibility index (Phi) is 6.15. The summed E-state index contributed by atoms with van der Waals surface area (Å²) < 4.78 is 31.4. The molecule has 23 heavy (non-hydrogen) atoms. The summed E-state index contributed by atoms with van der Waals surface area (Å²) in [4.78, 5) is 11.8. The number of carbonyl (C=O) groups is 1. The van der Waals surface area contributed by atoms with Gasteiger partial charge in [-0.2, -0.15) is 0 Å². The van der Waals surface area contributed by atoms with Crippen molar-refractivity contribution in [1.29, 1.82) is 0 Å². The average Bonchev–Trinajstić information content (AvgIpc) is 2.55. The molecule has 1 atom stereocenters. The number of ether oxygens (including phenoxy) is 1. The van der Waals surface area contributed by atoms with Crippen molar-refractivity contribution < 1.29 is 17.9 Å². The first-order valence-electron chi connectivity index (χ1n) is 7.77. The predicted octanol–water partition coefficient (Wildman–Crippen LogP) is 1.13.